The average Bonchev–Trinajstić information content (AvgIpc) is 2.54. The molecule has 0 aliphatic heterocycles. The first-order chi connectivity index (χ1) is 5.77. The second kappa shape index (κ2) is 1.93. The van der Waals surface area contributed by atoms with Crippen molar-refractivity contribution in [3.63, 3.8) is 0 Å². The number of fused-ring (bicyclic) bond motifs is 3. The van der Waals surface area contributed by atoms with Gasteiger partial charge in [0.25, 0.3) is 0 Å². The number of nitrogens with zero attached hydrogens (tertiary/aromatic N) is 2. The maximum absolute atomic E-state index is 4.43. The van der Waals surface area contributed by atoms with Crippen LogP contribution in [0.15, 0.2) is 6.20 Å². The number of hydrogen-bond donors (Lipinski definition) is 0. The molecule has 0 radical (unpaired) electrons. The molecule has 2 atom stereocenters. The van der Waals surface area contributed by atoms with E-state index < -0.39 is 0 Å². The van der Waals surface area contributed by atoms with Crippen molar-refractivity contribution >= 4 is 0 Å². The molecule has 3 rings (SSSR count). The highest BCUT2D eigenvalue weighted by molar-refractivity contribution is 5.36. The van der Waals surface area contributed by atoms with E-state index in [1.807, 2.05) is 0 Å². The van der Waals surface area contributed by atoms with Gasteiger partial charge in [-0.25, -0.2) is 0 Å². The van der Waals surface area contributed by atoms with Crippen molar-refractivity contribution in [1.82, 2.24) is 9.78 Å². The van der Waals surface area contributed by atoms with Crippen molar-refractivity contribution in [2.24, 2.45) is 5.92 Å². The fourth-order valence-corrected chi connectivity index (χ4v) is 2.47. The quantitative estimate of drug-likeness (QED) is 0.618. The van der Waals surface area contributed by atoms with E-state index in [9.17, 15) is 0 Å². The molecule has 64 valence electrons. The van der Waals surface area contributed by atoms with Crippen LogP contribution in [-0.2, 0) is 6.42 Å². The molecule has 0 unspecified atom stereocenters. The third kappa shape index (κ3) is 0.680. The first kappa shape index (κ1) is 6.70. The lowest BCUT2D eigenvalue weighted by Gasteiger charge is -2.09. The van der Waals surface area contributed by atoms with Gasteiger partial charge >= 0.3 is 0 Å². The van der Waals surface area contributed by atoms with E-state index in [1.165, 1.54) is 18.5 Å². The van der Waals surface area contributed by atoms with Crippen LogP contribution in [0.4, 0.5) is 0 Å². The Hall–Kier alpha value is -0.790. The third-order valence-corrected chi connectivity index (χ3v) is 3.20. The van der Waals surface area contributed by atoms with Crippen LogP contribution in [0.1, 0.15) is 43.5 Å². The van der Waals surface area contributed by atoms with E-state index in [0.717, 1.165) is 11.8 Å². The molecule has 2 nitrogen and oxygen atoms in total. The molecule has 0 spiro atoms. The van der Waals surface area contributed by atoms with Crippen LogP contribution in [0.3, 0.4) is 0 Å². The predicted molar refractivity (Wildman–Crippen MR) is 47.2 cm³/mol. The molecule has 1 saturated carbocycles. The van der Waals surface area contributed by atoms with Crippen LogP contribution in [0.25, 0.3) is 0 Å². The predicted octanol–water partition coefficient (Wildman–Crippen LogP) is 2.12. The molecule has 0 N–H and O–H groups in total. The summed E-state index contributed by atoms with van der Waals surface area (Å²) in [5.41, 5.74) is 3.07. The lowest BCUT2D eigenvalue weighted by molar-refractivity contribution is 0.506. The summed E-state index contributed by atoms with van der Waals surface area (Å²) >= 11 is 0. The molecule has 2 heteroatoms. The van der Waals surface area contributed by atoms with Crippen molar-refractivity contribution in [1.29, 1.82) is 0 Å². The van der Waals surface area contributed by atoms with Crippen LogP contribution in [0.5, 0.6) is 0 Å². The topological polar surface area (TPSA) is 17.8 Å². The smallest absolute Gasteiger partial charge is 0.0527 e. The lowest BCUT2D eigenvalue weighted by Crippen LogP contribution is -2.07. The van der Waals surface area contributed by atoms with Gasteiger partial charge in [0, 0.05) is 11.7 Å². The molecular formula is C10H14N2. The monoisotopic (exact) mass is 162 g/mol. The standard InChI is InChI=1S/C10H14N2/c1-6(2)12-10-4-7-3-8(7)9(10)5-11-12/h5-8H,3-4H2,1-2H3/t7-,8-/m0/s1. The Morgan fingerprint density at radius 3 is 3.17 bits per heavy atom. The van der Waals surface area contributed by atoms with E-state index in [4.69, 9.17) is 0 Å². The Kier molecular flexibility index (Phi) is 1.07. The molecular weight excluding hydrogens is 148 g/mol. The molecule has 1 fully saturated rings. The normalized spacial score (nSPS) is 30.6. The van der Waals surface area contributed by atoms with Crippen molar-refractivity contribution < 1.29 is 0 Å². The van der Waals surface area contributed by atoms with Gasteiger partial charge < -0.3 is 0 Å². The van der Waals surface area contributed by atoms with Gasteiger partial charge in [0.1, 0.15) is 0 Å². The minimum absolute atomic E-state index is 0.534. The SMILES string of the molecule is CC(C)n1ncc2c1C[C@@H]1C[C@H]21. The minimum atomic E-state index is 0.534. The van der Waals surface area contributed by atoms with Gasteiger partial charge in [-0.3, -0.25) is 4.68 Å². The highest BCUT2D eigenvalue weighted by atomic mass is 15.3. The summed E-state index contributed by atoms with van der Waals surface area (Å²) in [5.74, 6) is 1.88. The van der Waals surface area contributed by atoms with Gasteiger partial charge in [-0.1, -0.05) is 0 Å². The van der Waals surface area contributed by atoms with Gasteiger partial charge in [0.05, 0.1) is 6.20 Å². The van der Waals surface area contributed by atoms with Crippen LogP contribution < -0.4 is 0 Å². The molecule has 0 aromatic carbocycles. The molecule has 1 heterocycles. The van der Waals surface area contributed by atoms with E-state index in [0.29, 0.717) is 6.04 Å². The molecule has 2 aliphatic carbocycles. The third-order valence-electron chi connectivity index (χ3n) is 3.20. The van der Waals surface area contributed by atoms with Gasteiger partial charge in [-0.05, 0) is 44.1 Å². The first-order valence-electron chi connectivity index (χ1n) is 4.83. The van der Waals surface area contributed by atoms with Crippen molar-refractivity contribution in [2.45, 2.75) is 38.6 Å². The summed E-state index contributed by atoms with van der Waals surface area (Å²) in [6, 6.07) is 0.534. The zero-order valence-electron chi connectivity index (χ0n) is 7.62. The Balaban J connectivity index is 2.09. The van der Waals surface area contributed by atoms with Crippen LogP contribution in [-0.4, -0.2) is 9.78 Å². The Morgan fingerprint density at radius 2 is 2.42 bits per heavy atom. The Labute approximate surface area is 72.6 Å². The van der Waals surface area contributed by atoms with E-state index in [2.05, 4.69) is 29.8 Å². The molecule has 2 aliphatic rings. The molecule has 1 aromatic heterocycles. The van der Waals surface area contributed by atoms with Crippen molar-refractivity contribution in [2.75, 3.05) is 0 Å². The maximum atomic E-state index is 4.43. The first-order valence-corrected chi connectivity index (χ1v) is 4.83. The number of rotatable bonds is 1. The number of aromatic nitrogens is 2. The second-order valence-electron chi connectivity index (χ2n) is 4.39. The lowest BCUT2D eigenvalue weighted by atomic mass is 10.2. The summed E-state index contributed by atoms with van der Waals surface area (Å²) in [6.45, 7) is 4.41. The Morgan fingerprint density at radius 1 is 1.58 bits per heavy atom. The van der Waals surface area contributed by atoms with Crippen LogP contribution >= 0.6 is 0 Å². The largest absolute Gasteiger partial charge is 0.267 e. The van der Waals surface area contributed by atoms with Crippen molar-refractivity contribution in [3.05, 3.63) is 17.5 Å². The minimum Gasteiger partial charge on any atom is -0.267 e. The van der Waals surface area contributed by atoms with Gasteiger partial charge in [-0.2, -0.15) is 5.10 Å². The maximum Gasteiger partial charge on any atom is 0.0527 e. The fraction of sp³-hybridized carbons (Fsp3) is 0.700. The van der Waals surface area contributed by atoms with E-state index in [-0.39, 0.29) is 0 Å². The zero-order valence-corrected chi connectivity index (χ0v) is 7.62. The second-order valence-corrected chi connectivity index (χ2v) is 4.39. The van der Waals surface area contributed by atoms with Crippen molar-refractivity contribution in [3.8, 4) is 0 Å². The van der Waals surface area contributed by atoms with E-state index in [1.54, 1.807) is 5.56 Å². The molecule has 0 saturated heterocycles. The highest BCUT2D eigenvalue weighted by Crippen LogP contribution is 2.56. The molecule has 1 aromatic rings. The summed E-state index contributed by atoms with van der Waals surface area (Å²) in [7, 11) is 0. The summed E-state index contributed by atoms with van der Waals surface area (Å²) in [6.07, 6.45) is 4.81. The average molecular weight is 162 g/mol. The number of hydrogen-bond acceptors (Lipinski definition) is 1. The molecule has 0 amide bonds. The highest BCUT2D eigenvalue weighted by Gasteiger charge is 2.47. The van der Waals surface area contributed by atoms with Gasteiger partial charge in [0.2, 0.25) is 0 Å². The van der Waals surface area contributed by atoms with Gasteiger partial charge in [-0.15, -0.1) is 0 Å². The summed E-state index contributed by atoms with van der Waals surface area (Å²) in [5, 5.41) is 4.43. The molecule has 0 bridgehead atoms. The van der Waals surface area contributed by atoms with Crippen LogP contribution in [0, 0.1) is 5.92 Å². The summed E-state index contributed by atoms with van der Waals surface area (Å²) in [4.78, 5) is 0. The van der Waals surface area contributed by atoms with Gasteiger partial charge in [0.15, 0.2) is 0 Å². The summed E-state index contributed by atoms with van der Waals surface area (Å²) < 4.78 is 2.20. The molecule has 12 heavy (non-hydrogen) atoms. The Bertz CT molecular complexity index is 325. The zero-order chi connectivity index (χ0) is 8.29. The van der Waals surface area contributed by atoms with Crippen LogP contribution in [0.2, 0.25) is 0 Å². The van der Waals surface area contributed by atoms with E-state index >= 15 is 0 Å². The fourth-order valence-electron chi connectivity index (χ4n) is 2.47.